The Kier molecular flexibility index (Phi) is 9.81. The molecule has 4 unspecified atom stereocenters. The molecule has 212 valence electrons. The molecule has 2 aromatic rings. The molecule has 1 aliphatic rings. The molecule has 7 heteroatoms. The maximum atomic E-state index is 14.3. The topological polar surface area (TPSA) is 87.7 Å². The van der Waals surface area contributed by atoms with Crippen molar-refractivity contribution in [2.75, 3.05) is 0 Å². The van der Waals surface area contributed by atoms with Crippen LogP contribution in [0.3, 0.4) is 0 Å². The molecule has 0 spiro atoms. The van der Waals surface area contributed by atoms with Crippen LogP contribution >= 0.6 is 0 Å². The van der Waals surface area contributed by atoms with E-state index in [2.05, 4.69) is 23.6 Å². The Hall–Kier alpha value is -3.35. The third kappa shape index (κ3) is 8.84. The predicted octanol–water partition coefficient (Wildman–Crippen LogP) is 5.84. The number of amides is 3. The van der Waals surface area contributed by atoms with E-state index in [1.54, 1.807) is 25.7 Å². The number of benzene rings is 2. The van der Waals surface area contributed by atoms with Crippen molar-refractivity contribution in [2.45, 2.75) is 98.5 Å². The van der Waals surface area contributed by atoms with E-state index in [-0.39, 0.29) is 29.7 Å². The minimum absolute atomic E-state index is 0.0964. The normalized spacial score (nSPS) is 18.2. The fourth-order valence-corrected chi connectivity index (χ4v) is 4.98. The monoisotopic (exact) mass is 535 g/mol. The maximum Gasteiger partial charge on any atom is 0.408 e. The van der Waals surface area contributed by atoms with E-state index < -0.39 is 23.8 Å². The van der Waals surface area contributed by atoms with E-state index in [4.69, 9.17) is 4.74 Å². The van der Waals surface area contributed by atoms with Gasteiger partial charge in [-0.15, -0.1) is 0 Å². The van der Waals surface area contributed by atoms with Crippen molar-refractivity contribution < 1.29 is 19.1 Å². The van der Waals surface area contributed by atoms with Crippen molar-refractivity contribution in [3.05, 3.63) is 70.8 Å². The van der Waals surface area contributed by atoms with Crippen LogP contribution in [0.2, 0.25) is 0 Å². The molecule has 7 nitrogen and oxygen atoms in total. The van der Waals surface area contributed by atoms with Gasteiger partial charge in [0.2, 0.25) is 11.8 Å². The number of hydrogen-bond donors (Lipinski definition) is 2. The summed E-state index contributed by atoms with van der Waals surface area (Å²) in [6, 6.07) is 14.0. The lowest BCUT2D eigenvalue weighted by molar-refractivity contribution is -0.143. The van der Waals surface area contributed by atoms with Crippen molar-refractivity contribution in [2.24, 2.45) is 11.8 Å². The Bertz CT molecular complexity index is 1140. The minimum atomic E-state index is -0.829. The highest BCUT2D eigenvalue weighted by Gasteiger charge is 2.48. The van der Waals surface area contributed by atoms with Crippen LogP contribution in [-0.2, 0) is 20.9 Å². The Balaban J connectivity index is 2.00. The average Bonchev–Trinajstić information content (AvgIpc) is 3.54. The van der Waals surface area contributed by atoms with Crippen molar-refractivity contribution in [3.8, 4) is 0 Å². The van der Waals surface area contributed by atoms with Crippen molar-refractivity contribution >= 4 is 17.9 Å². The van der Waals surface area contributed by atoms with Gasteiger partial charge in [0.25, 0.3) is 0 Å². The summed E-state index contributed by atoms with van der Waals surface area (Å²) >= 11 is 0. The maximum absolute atomic E-state index is 14.3. The predicted molar refractivity (Wildman–Crippen MR) is 154 cm³/mol. The second kappa shape index (κ2) is 12.7. The molecule has 3 amide bonds. The molecule has 0 bridgehead atoms. The number of alkyl carbamates (subject to hydrolysis) is 1. The number of nitrogens with one attached hydrogen (secondary N) is 2. The van der Waals surface area contributed by atoms with Gasteiger partial charge < -0.3 is 20.3 Å². The zero-order valence-corrected chi connectivity index (χ0v) is 24.7. The Morgan fingerprint density at radius 3 is 2.13 bits per heavy atom. The number of rotatable bonds is 10. The van der Waals surface area contributed by atoms with Gasteiger partial charge in [0, 0.05) is 12.6 Å². The standard InChI is InChI=1S/C32H45N3O4/c1-20(2)14-26(34-31(38)39-32(6,7)8)30(37)35(27-18-23(27)5)28(25-16-21(3)15-22(4)17-25)29(36)33-19-24-12-10-9-11-13-24/h9-13,15-17,20,23,26-28H,14,18-19H2,1-8H3,(H,33,36)(H,34,38). The molecular formula is C32H45N3O4. The lowest BCUT2D eigenvalue weighted by atomic mass is 9.96. The van der Waals surface area contributed by atoms with Crippen molar-refractivity contribution in [1.82, 2.24) is 15.5 Å². The third-order valence-electron chi connectivity index (χ3n) is 6.77. The van der Waals surface area contributed by atoms with E-state index in [0.29, 0.717) is 13.0 Å². The molecule has 0 aliphatic heterocycles. The van der Waals surface area contributed by atoms with Crippen LogP contribution in [0.5, 0.6) is 0 Å². The molecule has 0 saturated heterocycles. The summed E-state index contributed by atoms with van der Waals surface area (Å²) in [5.41, 5.74) is 3.09. The number of carbonyl (C=O) groups is 3. The summed E-state index contributed by atoms with van der Waals surface area (Å²) in [5, 5.41) is 5.90. The Morgan fingerprint density at radius 2 is 1.62 bits per heavy atom. The zero-order valence-electron chi connectivity index (χ0n) is 24.7. The van der Waals surface area contributed by atoms with Gasteiger partial charge in [0.05, 0.1) is 0 Å². The molecular weight excluding hydrogens is 490 g/mol. The molecule has 0 aromatic heterocycles. The number of hydrogen-bond acceptors (Lipinski definition) is 4. The van der Waals surface area contributed by atoms with Crippen LogP contribution in [0.4, 0.5) is 4.79 Å². The lowest BCUT2D eigenvalue weighted by Gasteiger charge is -2.35. The zero-order chi connectivity index (χ0) is 28.9. The lowest BCUT2D eigenvalue weighted by Crippen LogP contribution is -2.54. The summed E-state index contributed by atoms with van der Waals surface area (Å²) in [7, 11) is 0. The van der Waals surface area contributed by atoms with Crippen molar-refractivity contribution in [3.63, 3.8) is 0 Å². The van der Waals surface area contributed by atoms with Crippen LogP contribution in [-0.4, -0.2) is 40.5 Å². The third-order valence-corrected chi connectivity index (χ3v) is 6.77. The van der Waals surface area contributed by atoms with Gasteiger partial charge in [-0.05, 0) is 70.4 Å². The number of carbonyl (C=O) groups excluding carboxylic acids is 3. The summed E-state index contributed by atoms with van der Waals surface area (Å²) < 4.78 is 5.49. The van der Waals surface area contributed by atoms with Gasteiger partial charge in [-0.25, -0.2) is 4.79 Å². The van der Waals surface area contributed by atoms with Gasteiger partial charge in [-0.3, -0.25) is 9.59 Å². The minimum Gasteiger partial charge on any atom is -0.444 e. The molecule has 0 heterocycles. The Labute approximate surface area is 233 Å². The quantitative estimate of drug-likeness (QED) is 0.400. The highest BCUT2D eigenvalue weighted by molar-refractivity contribution is 5.92. The fraction of sp³-hybridized carbons (Fsp3) is 0.531. The first-order valence-corrected chi connectivity index (χ1v) is 14.0. The molecule has 0 radical (unpaired) electrons. The first-order chi connectivity index (χ1) is 18.2. The summed E-state index contributed by atoms with van der Waals surface area (Å²) in [6.45, 7) is 15.8. The molecule has 1 aliphatic carbocycles. The summed E-state index contributed by atoms with van der Waals surface area (Å²) in [5.74, 6) is -0.107. The largest absolute Gasteiger partial charge is 0.444 e. The van der Waals surface area contributed by atoms with Crippen LogP contribution < -0.4 is 10.6 Å². The van der Waals surface area contributed by atoms with Crippen LogP contribution in [0.15, 0.2) is 48.5 Å². The molecule has 1 fully saturated rings. The van der Waals surface area contributed by atoms with E-state index >= 15 is 0 Å². The molecule has 2 N–H and O–H groups in total. The second-order valence-corrected chi connectivity index (χ2v) is 12.4. The highest BCUT2D eigenvalue weighted by atomic mass is 16.6. The Morgan fingerprint density at radius 1 is 1.03 bits per heavy atom. The molecule has 3 rings (SSSR count). The van der Waals surface area contributed by atoms with Gasteiger partial charge in [-0.1, -0.05) is 80.4 Å². The van der Waals surface area contributed by atoms with E-state index in [1.807, 2.05) is 70.2 Å². The molecule has 2 aromatic carbocycles. The van der Waals surface area contributed by atoms with Gasteiger partial charge >= 0.3 is 6.09 Å². The van der Waals surface area contributed by atoms with Crippen LogP contribution in [0, 0.1) is 25.7 Å². The number of nitrogens with zero attached hydrogens (tertiary/aromatic N) is 1. The van der Waals surface area contributed by atoms with Gasteiger partial charge in [0.15, 0.2) is 0 Å². The van der Waals surface area contributed by atoms with E-state index in [9.17, 15) is 14.4 Å². The van der Waals surface area contributed by atoms with Gasteiger partial charge in [-0.2, -0.15) is 0 Å². The number of ether oxygens (including phenoxy) is 1. The summed E-state index contributed by atoms with van der Waals surface area (Å²) in [4.78, 5) is 42.8. The first-order valence-electron chi connectivity index (χ1n) is 14.0. The summed E-state index contributed by atoms with van der Waals surface area (Å²) in [6.07, 6.45) is 0.600. The molecule has 4 atom stereocenters. The van der Waals surface area contributed by atoms with Crippen LogP contribution in [0.25, 0.3) is 0 Å². The van der Waals surface area contributed by atoms with Gasteiger partial charge in [0.1, 0.15) is 17.7 Å². The average molecular weight is 536 g/mol. The van der Waals surface area contributed by atoms with E-state index in [0.717, 1.165) is 28.7 Å². The number of aryl methyl sites for hydroxylation is 2. The highest BCUT2D eigenvalue weighted by Crippen LogP contribution is 2.41. The molecule has 39 heavy (non-hydrogen) atoms. The first kappa shape index (κ1) is 30.2. The van der Waals surface area contributed by atoms with Crippen LogP contribution in [0.1, 0.15) is 82.7 Å². The molecule has 1 saturated carbocycles. The van der Waals surface area contributed by atoms with E-state index in [1.165, 1.54) is 0 Å². The SMILES string of the molecule is Cc1cc(C)cc(C(C(=O)NCc2ccccc2)N(C(=O)C(CC(C)C)NC(=O)OC(C)(C)C)C2CC2C)c1. The fourth-order valence-electron chi connectivity index (χ4n) is 4.98. The smallest absolute Gasteiger partial charge is 0.408 e. The second-order valence-electron chi connectivity index (χ2n) is 12.4. The van der Waals surface area contributed by atoms with Crippen molar-refractivity contribution in [1.29, 1.82) is 0 Å².